The van der Waals surface area contributed by atoms with Gasteiger partial charge < -0.3 is 4.74 Å². The lowest BCUT2D eigenvalue weighted by atomic mass is 9.86. The summed E-state index contributed by atoms with van der Waals surface area (Å²) >= 11 is 1.48. The highest BCUT2D eigenvalue weighted by molar-refractivity contribution is 7.99. The van der Waals surface area contributed by atoms with E-state index >= 15 is 0 Å². The van der Waals surface area contributed by atoms with Gasteiger partial charge in [-0.05, 0) is 42.4 Å². The van der Waals surface area contributed by atoms with E-state index in [1.807, 2.05) is 0 Å². The molecule has 0 N–H and O–H groups in total. The van der Waals surface area contributed by atoms with E-state index in [0.29, 0.717) is 18.6 Å². The van der Waals surface area contributed by atoms with Crippen molar-refractivity contribution in [1.29, 1.82) is 0 Å². The molecule has 3 nitrogen and oxygen atoms in total. The summed E-state index contributed by atoms with van der Waals surface area (Å²) in [5.74, 6) is 0.555. The number of thioether (sulfide) groups is 1. The molecular weight excluding hydrogens is 317 g/mol. The first-order valence-electron chi connectivity index (χ1n) is 6.84. The van der Waals surface area contributed by atoms with Gasteiger partial charge in [0.2, 0.25) is 0 Å². The molecule has 0 amide bonds. The van der Waals surface area contributed by atoms with Gasteiger partial charge >= 0.3 is 6.36 Å². The van der Waals surface area contributed by atoms with E-state index in [1.165, 1.54) is 23.9 Å². The fourth-order valence-electron chi connectivity index (χ4n) is 2.37. The van der Waals surface area contributed by atoms with E-state index in [9.17, 15) is 22.8 Å². The Balaban J connectivity index is 1.77. The molecule has 22 heavy (non-hydrogen) atoms. The number of carbonyl (C=O) groups is 2. The highest BCUT2D eigenvalue weighted by atomic mass is 32.2. The van der Waals surface area contributed by atoms with Gasteiger partial charge in [0.1, 0.15) is 17.3 Å². The van der Waals surface area contributed by atoms with E-state index in [2.05, 4.69) is 4.74 Å². The lowest BCUT2D eigenvalue weighted by molar-refractivity contribution is -0.274. The fourth-order valence-corrected chi connectivity index (χ4v) is 3.38. The van der Waals surface area contributed by atoms with Crippen LogP contribution in [0.3, 0.4) is 0 Å². The number of rotatable bonds is 5. The maximum atomic E-state index is 12.0. The molecule has 1 fully saturated rings. The minimum atomic E-state index is -4.69. The Labute approximate surface area is 130 Å². The van der Waals surface area contributed by atoms with Crippen molar-refractivity contribution in [1.82, 2.24) is 0 Å². The van der Waals surface area contributed by atoms with Crippen LogP contribution in [-0.2, 0) is 9.59 Å². The molecule has 0 bridgehead atoms. The van der Waals surface area contributed by atoms with Crippen LogP contribution in [0.25, 0.3) is 0 Å². The maximum absolute atomic E-state index is 12.0. The van der Waals surface area contributed by atoms with Crippen LogP contribution in [0, 0.1) is 5.92 Å². The van der Waals surface area contributed by atoms with Crippen LogP contribution < -0.4 is 4.74 Å². The van der Waals surface area contributed by atoms with E-state index in [1.54, 1.807) is 12.1 Å². The molecule has 0 aromatic heterocycles. The summed E-state index contributed by atoms with van der Waals surface area (Å²) in [4.78, 5) is 23.5. The molecule has 1 aliphatic carbocycles. The Morgan fingerprint density at radius 1 is 1.09 bits per heavy atom. The summed E-state index contributed by atoms with van der Waals surface area (Å²) < 4.78 is 39.9. The van der Waals surface area contributed by atoms with Crippen molar-refractivity contribution < 1.29 is 27.5 Å². The second-order valence-electron chi connectivity index (χ2n) is 5.18. The van der Waals surface area contributed by atoms with Crippen LogP contribution in [-0.4, -0.2) is 23.7 Å². The van der Waals surface area contributed by atoms with Gasteiger partial charge in [-0.1, -0.05) is 0 Å². The zero-order valence-electron chi connectivity index (χ0n) is 11.7. The minimum absolute atomic E-state index is 0.0000904. The fraction of sp³-hybridized carbons (Fsp3) is 0.467. The molecule has 120 valence electrons. The number of alkyl halides is 3. The summed E-state index contributed by atoms with van der Waals surface area (Å²) in [6, 6.07) is 5.65. The quantitative estimate of drug-likeness (QED) is 0.604. The molecular formula is C15H15F3O3S. The van der Waals surface area contributed by atoms with E-state index in [4.69, 9.17) is 0 Å². The normalized spacial score (nSPS) is 16.9. The average Bonchev–Trinajstić information content (AvgIpc) is 2.38. The average molecular weight is 332 g/mol. The van der Waals surface area contributed by atoms with Crippen molar-refractivity contribution in [2.75, 3.05) is 5.75 Å². The first kappa shape index (κ1) is 16.9. The van der Waals surface area contributed by atoms with E-state index < -0.39 is 6.36 Å². The van der Waals surface area contributed by atoms with Crippen LogP contribution in [0.5, 0.6) is 5.75 Å². The zero-order chi connectivity index (χ0) is 16.2. The van der Waals surface area contributed by atoms with Gasteiger partial charge in [0.15, 0.2) is 0 Å². The summed E-state index contributed by atoms with van der Waals surface area (Å²) in [5, 5.41) is 0. The molecule has 0 spiro atoms. The third-order valence-corrected chi connectivity index (χ3v) is 4.32. The lowest BCUT2D eigenvalue weighted by Gasteiger charge is -2.19. The standard InChI is InChI=1S/C15H15F3O3S/c16-15(17,18)21-13-1-3-14(4-2-13)22-6-5-10-7-11(19)9-12(20)8-10/h1-4,10H,5-9H2. The van der Waals surface area contributed by atoms with Crippen LogP contribution >= 0.6 is 11.8 Å². The molecule has 0 radical (unpaired) electrons. The van der Waals surface area contributed by atoms with Crippen LogP contribution in [0.1, 0.15) is 25.7 Å². The second-order valence-corrected chi connectivity index (χ2v) is 6.35. The Hall–Kier alpha value is -1.50. The summed E-state index contributed by atoms with van der Waals surface area (Å²) in [5.41, 5.74) is 0. The second kappa shape index (κ2) is 7.17. The molecule has 0 atom stereocenters. The van der Waals surface area contributed by atoms with Crippen molar-refractivity contribution in [3.63, 3.8) is 0 Å². The Morgan fingerprint density at radius 3 is 2.23 bits per heavy atom. The first-order valence-corrected chi connectivity index (χ1v) is 7.82. The molecule has 1 aromatic carbocycles. The van der Waals surface area contributed by atoms with Crippen molar-refractivity contribution in [3.8, 4) is 5.75 Å². The van der Waals surface area contributed by atoms with Crippen LogP contribution in [0.4, 0.5) is 13.2 Å². The first-order chi connectivity index (χ1) is 10.3. The molecule has 0 unspecified atom stereocenters. The number of ketones is 2. The topological polar surface area (TPSA) is 43.4 Å². The molecule has 7 heteroatoms. The van der Waals surface area contributed by atoms with Crippen molar-refractivity contribution in [2.45, 2.75) is 36.9 Å². The predicted molar refractivity (Wildman–Crippen MR) is 75.8 cm³/mol. The largest absolute Gasteiger partial charge is 0.573 e. The molecule has 1 aromatic rings. The molecule has 1 aliphatic rings. The molecule has 1 saturated carbocycles. The Kier molecular flexibility index (Phi) is 5.50. The van der Waals surface area contributed by atoms with Crippen molar-refractivity contribution in [3.05, 3.63) is 24.3 Å². The number of carbonyl (C=O) groups excluding carboxylic acids is 2. The van der Waals surface area contributed by atoms with Gasteiger partial charge in [-0.15, -0.1) is 24.9 Å². The summed E-state index contributed by atoms with van der Waals surface area (Å²) in [6.45, 7) is 0. The van der Waals surface area contributed by atoms with Gasteiger partial charge in [0.05, 0.1) is 6.42 Å². The molecule has 0 heterocycles. The highest BCUT2D eigenvalue weighted by Crippen LogP contribution is 2.29. The van der Waals surface area contributed by atoms with Gasteiger partial charge in [-0.3, -0.25) is 9.59 Å². The van der Waals surface area contributed by atoms with Gasteiger partial charge in [0.25, 0.3) is 0 Å². The van der Waals surface area contributed by atoms with E-state index in [0.717, 1.165) is 11.3 Å². The van der Waals surface area contributed by atoms with Crippen molar-refractivity contribution >= 4 is 23.3 Å². The lowest BCUT2D eigenvalue weighted by Crippen LogP contribution is -2.22. The summed E-state index contributed by atoms with van der Waals surface area (Å²) in [6.07, 6.45) is -2.99. The smallest absolute Gasteiger partial charge is 0.406 e. The molecule has 0 saturated heterocycles. The maximum Gasteiger partial charge on any atom is 0.573 e. The SMILES string of the molecule is O=C1CC(=O)CC(CCSc2ccc(OC(F)(F)F)cc2)C1. The number of hydrogen-bond donors (Lipinski definition) is 0. The summed E-state index contributed by atoms with van der Waals surface area (Å²) in [7, 11) is 0. The molecule has 0 aliphatic heterocycles. The van der Waals surface area contributed by atoms with Crippen LogP contribution in [0.2, 0.25) is 0 Å². The zero-order valence-corrected chi connectivity index (χ0v) is 12.5. The predicted octanol–water partition coefficient (Wildman–Crippen LogP) is 4.01. The number of ether oxygens (including phenoxy) is 1. The number of Topliss-reactive ketones (excluding diaryl/α,β-unsaturated/α-hetero) is 2. The van der Waals surface area contributed by atoms with Gasteiger partial charge in [-0.2, -0.15) is 0 Å². The Bertz CT molecular complexity index is 524. The monoisotopic (exact) mass is 332 g/mol. The minimum Gasteiger partial charge on any atom is -0.406 e. The number of hydrogen-bond acceptors (Lipinski definition) is 4. The molecule has 2 rings (SSSR count). The van der Waals surface area contributed by atoms with Crippen LogP contribution in [0.15, 0.2) is 29.2 Å². The Morgan fingerprint density at radius 2 is 1.68 bits per heavy atom. The third kappa shape index (κ3) is 5.71. The third-order valence-electron chi connectivity index (χ3n) is 3.28. The van der Waals surface area contributed by atoms with Gasteiger partial charge in [0, 0.05) is 17.7 Å². The van der Waals surface area contributed by atoms with Gasteiger partial charge in [-0.25, -0.2) is 0 Å². The number of halogens is 3. The highest BCUT2D eigenvalue weighted by Gasteiger charge is 2.31. The van der Waals surface area contributed by atoms with E-state index in [-0.39, 0.29) is 29.7 Å². The number of benzene rings is 1. The van der Waals surface area contributed by atoms with Crippen molar-refractivity contribution in [2.24, 2.45) is 5.92 Å².